The Labute approximate surface area is 69.8 Å². The number of aliphatic hydroxyl groups is 1. The summed E-state index contributed by atoms with van der Waals surface area (Å²) in [6.45, 7) is 8.35. The van der Waals surface area contributed by atoms with Crippen molar-refractivity contribution in [3.63, 3.8) is 0 Å². The van der Waals surface area contributed by atoms with Crippen LogP contribution in [0.3, 0.4) is 0 Å². The predicted molar refractivity (Wildman–Crippen MR) is 48.3 cm³/mol. The average molecular weight is 159 g/mol. The molecule has 3 N–H and O–H groups in total. The maximum Gasteiger partial charge on any atom is 0.0688 e. The third-order valence-electron chi connectivity index (χ3n) is 1.76. The second kappa shape index (κ2) is 4.07. The zero-order valence-electron chi connectivity index (χ0n) is 8.09. The molecule has 0 bridgehead atoms. The summed E-state index contributed by atoms with van der Waals surface area (Å²) in [5.74, 6) is 0. The summed E-state index contributed by atoms with van der Waals surface area (Å²) in [5.41, 5.74) is 5.98. The van der Waals surface area contributed by atoms with Gasteiger partial charge in [-0.25, -0.2) is 0 Å². The highest BCUT2D eigenvalue weighted by Crippen LogP contribution is 2.21. The fourth-order valence-corrected chi connectivity index (χ4v) is 1.15. The van der Waals surface area contributed by atoms with E-state index in [1.165, 1.54) is 0 Å². The van der Waals surface area contributed by atoms with Crippen LogP contribution in [0.1, 0.15) is 40.5 Å². The Kier molecular flexibility index (Phi) is 4.04. The topological polar surface area (TPSA) is 46.2 Å². The van der Waals surface area contributed by atoms with Crippen LogP contribution in [-0.2, 0) is 0 Å². The first kappa shape index (κ1) is 10.9. The SMILES string of the molecule is CCC(O)[C@H](N)CC(C)(C)C. The van der Waals surface area contributed by atoms with Gasteiger partial charge in [-0.05, 0) is 18.3 Å². The Morgan fingerprint density at radius 2 is 1.82 bits per heavy atom. The first-order chi connectivity index (χ1) is 4.87. The molecule has 11 heavy (non-hydrogen) atoms. The molecule has 68 valence electrons. The molecule has 0 aromatic heterocycles. The van der Waals surface area contributed by atoms with Crippen LogP contribution < -0.4 is 5.73 Å². The highest BCUT2D eigenvalue weighted by Gasteiger charge is 2.20. The van der Waals surface area contributed by atoms with Gasteiger partial charge >= 0.3 is 0 Å². The molecule has 0 saturated heterocycles. The molecule has 0 aliphatic rings. The third-order valence-corrected chi connectivity index (χ3v) is 1.76. The minimum Gasteiger partial charge on any atom is -0.392 e. The summed E-state index contributed by atoms with van der Waals surface area (Å²) >= 11 is 0. The summed E-state index contributed by atoms with van der Waals surface area (Å²) in [5, 5.41) is 9.36. The van der Waals surface area contributed by atoms with E-state index in [1.807, 2.05) is 6.92 Å². The lowest BCUT2D eigenvalue weighted by molar-refractivity contribution is 0.118. The number of aliphatic hydroxyl groups excluding tert-OH is 1. The quantitative estimate of drug-likeness (QED) is 0.656. The van der Waals surface area contributed by atoms with Crippen LogP contribution in [0.25, 0.3) is 0 Å². The maximum atomic E-state index is 9.36. The van der Waals surface area contributed by atoms with Crippen molar-refractivity contribution in [2.45, 2.75) is 52.7 Å². The average Bonchev–Trinajstić information content (AvgIpc) is 1.82. The number of hydrogen-bond donors (Lipinski definition) is 2. The number of nitrogens with two attached hydrogens (primary N) is 1. The van der Waals surface area contributed by atoms with Crippen molar-refractivity contribution in [3.8, 4) is 0 Å². The molecule has 0 aliphatic carbocycles. The molecule has 2 atom stereocenters. The van der Waals surface area contributed by atoms with Gasteiger partial charge in [0.2, 0.25) is 0 Å². The lowest BCUT2D eigenvalue weighted by Crippen LogP contribution is -2.37. The van der Waals surface area contributed by atoms with Crippen LogP contribution in [0.4, 0.5) is 0 Å². The van der Waals surface area contributed by atoms with Crippen molar-refractivity contribution in [1.82, 2.24) is 0 Å². The van der Waals surface area contributed by atoms with Gasteiger partial charge in [0.25, 0.3) is 0 Å². The van der Waals surface area contributed by atoms with E-state index < -0.39 is 0 Å². The molecule has 0 rings (SSSR count). The Hall–Kier alpha value is -0.0800. The van der Waals surface area contributed by atoms with Crippen LogP contribution in [-0.4, -0.2) is 17.3 Å². The molecular formula is C9H21NO. The smallest absolute Gasteiger partial charge is 0.0688 e. The molecule has 0 fully saturated rings. The van der Waals surface area contributed by atoms with E-state index in [-0.39, 0.29) is 17.6 Å². The van der Waals surface area contributed by atoms with Crippen molar-refractivity contribution >= 4 is 0 Å². The largest absolute Gasteiger partial charge is 0.392 e. The third kappa shape index (κ3) is 5.22. The minimum atomic E-state index is -0.339. The predicted octanol–water partition coefficient (Wildman–Crippen LogP) is 1.52. The van der Waals surface area contributed by atoms with Gasteiger partial charge in [0, 0.05) is 6.04 Å². The van der Waals surface area contributed by atoms with Crippen LogP contribution in [0.2, 0.25) is 0 Å². The zero-order chi connectivity index (χ0) is 9.07. The monoisotopic (exact) mass is 159 g/mol. The standard InChI is InChI=1S/C9H21NO/c1-5-8(11)7(10)6-9(2,3)4/h7-8,11H,5-6,10H2,1-4H3/t7-,8?/m1/s1. The van der Waals surface area contributed by atoms with Crippen LogP contribution in [0, 0.1) is 5.41 Å². The molecule has 2 nitrogen and oxygen atoms in total. The Morgan fingerprint density at radius 3 is 2.09 bits per heavy atom. The van der Waals surface area contributed by atoms with Crippen molar-refractivity contribution in [2.24, 2.45) is 11.1 Å². The fourth-order valence-electron chi connectivity index (χ4n) is 1.15. The molecule has 0 saturated carbocycles. The Bertz CT molecular complexity index is 107. The van der Waals surface area contributed by atoms with Gasteiger partial charge in [0.05, 0.1) is 6.10 Å². The molecule has 1 unspecified atom stereocenters. The summed E-state index contributed by atoms with van der Waals surface area (Å²) < 4.78 is 0. The van der Waals surface area contributed by atoms with Crippen LogP contribution in [0.5, 0.6) is 0 Å². The highest BCUT2D eigenvalue weighted by molar-refractivity contribution is 4.76. The van der Waals surface area contributed by atoms with Crippen LogP contribution in [0.15, 0.2) is 0 Å². The summed E-state index contributed by atoms with van der Waals surface area (Å²) in [6.07, 6.45) is 1.29. The van der Waals surface area contributed by atoms with E-state index in [9.17, 15) is 5.11 Å². The van der Waals surface area contributed by atoms with Crippen LogP contribution >= 0.6 is 0 Å². The Balaban J connectivity index is 3.77. The van der Waals surface area contributed by atoms with Crippen molar-refractivity contribution in [1.29, 1.82) is 0 Å². The van der Waals surface area contributed by atoms with Crippen molar-refractivity contribution < 1.29 is 5.11 Å². The second-order valence-corrected chi connectivity index (χ2v) is 4.40. The van der Waals surface area contributed by atoms with E-state index in [2.05, 4.69) is 20.8 Å². The Morgan fingerprint density at radius 1 is 1.36 bits per heavy atom. The molecular weight excluding hydrogens is 138 g/mol. The van der Waals surface area contributed by atoms with Gasteiger partial charge in [-0.2, -0.15) is 0 Å². The zero-order valence-corrected chi connectivity index (χ0v) is 8.09. The van der Waals surface area contributed by atoms with Gasteiger partial charge in [0.15, 0.2) is 0 Å². The van der Waals surface area contributed by atoms with Gasteiger partial charge in [0.1, 0.15) is 0 Å². The summed E-state index contributed by atoms with van der Waals surface area (Å²) in [6, 6.07) is -0.0694. The number of rotatable bonds is 3. The normalized spacial score (nSPS) is 18.0. The first-order valence-corrected chi connectivity index (χ1v) is 4.30. The van der Waals surface area contributed by atoms with E-state index in [4.69, 9.17) is 5.73 Å². The van der Waals surface area contributed by atoms with Gasteiger partial charge in [-0.3, -0.25) is 0 Å². The molecule has 0 aromatic carbocycles. The lowest BCUT2D eigenvalue weighted by Gasteiger charge is -2.25. The molecule has 0 heterocycles. The van der Waals surface area contributed by atoms with E-state index in [0.717, 1.165) is 12.8 Å². The van der Waals surface area contributed by atoms with E-state index in [1.54, 1.807) is 0 Å². The molecule has 0 aromatic rings. The van der Waals surface area contributed by atoms with E-state index >= 15 is 0 Å². The van der Waals surface area contributed by atoms with Crippen molar-refractivity contribution in [3.05, 3.63) is 0 Å². The summed E-state index contributed by atoms with van der Waals surface area (Å²) in [7, 11) is 0. The maximum absolute atomic E-state index is 9.36. The highest BCUT2D eigenvalue weighted by atomic mass is 16.3. The summed E-state index contributed by atoms with van der Waals surface area (Å²) in [4.78, 5) is 0. The molecule has 0 aliphatic heterocycles. The molecule has 0 spiro atoms. The lowest BCUT2D eigenvalue weighted by atomic mass is 9.86. The van der Waals surface area contributed by atoms with Crippen molar-refractivity contribution in [2.75, 3.05) is 0 Å². The van der Waals surface area contributed by atoms with Gasteiger partial charge in [-0.1, -0.05) is 27.7 Å². The molecule has 0 radical (unpaired) electrons. The van der Waals surface area contributed by atoms with Gasteiger partial charge in [-0.15, -0.1) is 0 Å². The molecule has 0 amide bonds. The minimum absolute atomic E-state index is 0.0694. The molecule has 2 heteroatoms. The van der Waals surface area contributed by atoms with Gasteiger partial charge < -0.3 is 10.8 Å². The number of hydrogen-bond acceptors (Lipinski definition) is 2. The first-order valence-electron chi connectivity index (χ1n) is 4.30. The fraction of sp³-hybridized carbons (Fsp3) is 1.00. The van der Waals surface area contributed by atoms with E-state index in [0.29, 0.717) is 0 Å². The second-order valence-electron chi connectivity index (χ2n) is 4.40.